The Labute approximate surface area is 93.0 Å². The Kier molecular flexibility index (Phi) is 2.96. The van der Waals surface area contributed by atoms with Gasteiger partial charge in [-0.05, 0) is 17.5 Å². The van der Waals surface area contributed by atoms with E-state index in [4.69, 9.17) is 0 Å². The van der Waals surface area contributed by atoms with Crippen LogP contribution in [0.4, 0.5) is 0 Å². The second-order valence-corrected chi connectivity index (χ2v) is 3.38. The number of benzene rings is 1. The maximum Gasteiger partial charge on any atom is 0.338 e. The molecule has 16 heavy (non-hydrogen) atoms. The Bertz CT molecular complexity index is 468. The summed E-state index contributed by atoms with van der Waals surface area (Å²) in [6.45, 7) is 0. The van der Waals surface area contributed by atoms with Crippen LogP contribution in [-0.2, 0) is 20.7 Å². The van der Waals surface area contributed by atoms with Gasteiger partial charge >= 0.3 is 11.9 Å². The highest BCUT2D eigenvalue weighted by Crippen LogP contribution is 2.17. The maximum absolute atomic E-state index is 9.92. The largest absolute Gasteiger partial charge is 0.387 e. The van der Waals surface area contributed by atoms with Gasteiger partial charge in [0.05, 0.1) is 0 Å². The molecule has 1 aromatic carbocycles. The molecule has 3 nitrogen and oxygen atoms in total. The third-order valence-electron chi connectivity index (χ3n) is 2.25. The number of allylic oxidation sites excluding steroid dienone is 1. The summed E-state index contributed by atoms with van der Waals surface area (Å²) in [7, 11) is 0. The molecule has 0 saturated carbocycles. The smallest absolute Gasteiger partial charge is 0.338 e. The lowest BCUT2D eigenvalue weighted by molar-refractivity contribution is -0.150. The number of cyclic esters (lactones) is 2. The lowest BCUT2D eigenvalue weighted by Crippen LogP contribution is -1.96. The predicted octanol–water partition coefficient (Wildman–Crippen LogP) is 1.88. The van der Waals surface area contributed by atoms with E-state index in [-0.39, 0.29) is 0 Å². The minimum absolute atomic E-state index is 0.579. The fraction of sp³-hybridized carbons (Fsp3) is 0.0769. The molecule has 0 N–H and O–H groups in total. The molecule has 2 aliphatic rings. The molecule has 1 aliphatic heterocycles. The summed E-state index contributed by atoms with van der Waals surface area (Å²) in [4.78, 5) is 19.8. The molecule has 0 radical (unpaired) electrons. The summed E-state index contributed by atoms with van der Waals surface area (Å²) >= 11 is 0. The molecule has 0 atom stereocenters. The van der Waals surface area contributed by atoms with Crippen molar-refractivity contribution in [2.45, 2.75) is 6.42 Å². The van der Waals surface area contributed by atoms with Crippen LogP contribution in [0.5, 0.6) is 0 Å². The highest BCUT2D eigenvalue weighted by molar-refractivity contribution is 6.04. The van der Waals surface area contributed by atoms with Gasteiger partial charge in [-0.1, -0.05) is 36.4 Å². The van der Waals surface area contributed by atoms with Crippen molar-refractivity contribution in [3.05, 3.63) is 53.6 Å². The third kappa shape index (κ3) is 2.45. The number of rotatable bonds is 0. The van der Waals surface area contributed by atoms with Crippen LogP contribution in [0.25, 0.3) is 6.08 Å². The first-order valence-electron chi connectivity index (χ1n) is 4.94. The van der Waals surface area contributed by atoms with Crippen molar-refractivity contribution in [3.8, 4) is 0 Å². The van der Waals surface area contributed by atoms with E-state index in [9.17, 15) is 9.59 Å². The van der Waals surface area contributed by atoms with Crippen LogP contribution in [0.1, 0.15) is 11.1 Å². The van der Waals surface area contributed by atoms with Gasteiger partial charge in [-0.15, -0.1) is 0 Å². The Morgan fingerprint density at radius 3 is 2.19 bits per heavy atom. The van der Waals surface area contributed by atoms with Gasteiger partial charge in [0.15, 0.2) is 0 Å². The minimum Gasteiger partial charge on any atom is -0.387 e. The van der Waals surface area contributed by atoms with Gasteiger partial charge in [-0.3, -0.25) is 0 Å². The molecule has 0 amide bonds. The van der Waals surface area contributed by atoms with Crippen LogP contribution in [0.2, 0.25) is 0 Å². The molecule has 0 bridgehead atoms. The van der Waals surface area contributed by atoms with E-state index in [2.05, 4.69) is 41.2 Å². The summed E-state index contributed by atoms with van der Waals surface area (Å²) in [5, 5.41) is 0. The summed E-state index contributed by atoms with van der Waals surface area (Å²) in [6.07, 6.45) is 7.67. The summed E-state index contributed by atoms with van der Waals surface area (Å²) in [6, 6.07) is 8.49. The number of hydrogen-bond donors (Lipinski definition) is 0. The zero-order valence-electron chi connectivity index (χ0n) is 8.55. The van der Waals surface area contributed by atoms with Gasteiger partial charge in [-0.25, -0.2) is 9.59 Å². The van der Waals surface area contributed by atoms with Crippen LogP contribution in [0.15, 0.2) is 42.5 Å². The number of fused-ring (bicyclic) bond motifs is 1. The quantitative estimate of drug-likeness (QED) is 0.489. The second kappa shape index (κ2) is 4.57. The molecule has 0 unspecified atom stereocenters. The van der Waals surface area contributed by atoms with Crippen LogP contribution >= 0.6 is 0 Å². The van der Waals surface area contributed by atoms with Gasteiger partial charge in [0.25, 0.3) is 0 Å². The number of esters is 2. The Hall–Kier alpha value is -2.16. The van der Waals surface area contributed by atoms with Crippen LogP contribution in [0, 0.1) is 0 Å². The van der Waals surface area contributed by atoms with Gasteiger partial charge in [0, 0.05) is 12.2 Å². The van der Waals surface area contributed by atoms with E-state index in [1.807, 2.05) is 0 Å². The van der Waals surface area contributed by atoms with Crippen LogP contribution in [0.3, 0.4) is 0 Å². The second-order valence-electron chi connectivity index (χ2n) is 3.38. The standard InChI is InChI=1S/C9H8.C4H2O3/c1-2-5-9-7-3-6-8(9)4-1;5-3-1-2-4(6)7-3/h1-6H,7H2;1-2H. The molecule has 80 valence electrons. The molecule has 3 heteroatoms. The van der Waals surface area contributed by atoms with Gasteiger partial charge in [0.2, 0.25) is 0 Å². The number of carbonyl (C=O) groups excluding carboxylic acids is 2. The number of ether oxygens (including phenoxy) is 1. The van der Waals surface area contributed by atoms with E-state index in [0.717, 1.165) is 18.6 Å². The summed E-state index contributed by atoms with van der Waals surface area (Å²) in [5.74, 6) is -1.16. The molecule has 1 aliphatic carbocycles. The van der Waals surface area contributed by atoms with Crippen molar-refractivity contribution in [1.29, 1.82) is 0 Å². The van der Waals surface area contributed by atoms with Crippen molar-refractivity contribution in [1.82, 2.24) is 0 Å². The molecular formula is C13H10O3. The third-order valence-corrected chi connectivity index (χ3v) is 2.25. The lowest BCUT2D eigenvalue weighted by atomic mass is 10.1. The zero-order chi connectivity index (χ0) is 11.4. The highest BCUT2D eigenvalue weighted by Gasteiger charge is 2.10. The summed E-state index contributed by atoms with van der Waals surface area (Å²) < 4.78 is 3.97. The Morgan fingerprint density at radius 2 is 1.62 bits per heavy atom. The average Bonchev–Trinajstić information content (AvgIpc) is 2.88. The first-order valence-corrected chi connectivity index (χ1v) is 4.94. The van der Waals surface area contributed by atoms with E-state index in [1.165, 1.54) is 11.1 Å². The van der Waals surface area contributed by atoms with E-state index < -0.39 is 11.9 Å². The maximum atomic E-state index is 9.92. The molecule has 0 spiro atoms. The Balaban J connectivity index is 0.000000125. The fourth-order valence-corrected chi connectivity index (χ4v) is 1.50. The predicted molar refractivity (Wildman–Crippen MR) is 59.4 cm³/mol. The molecule has 0 saturated heterocycles. The zero-order valence-corrected chi connectivity index (χ0v) is 8.55. The molecule has 1 aromatic rings. The number of carbonyl (C=O) groups is 2. The Morgan fingerprint density at radius 1 is 0.938 bits per heavy atom. The molecule has 1 heterocycles. The van der Waals surface area contributed by atoms with Gasteiger partial charge < -0.3 is 4.74 Å². The normalized spacial score (nSPS) is 15.5. The first kappa shape index (κ1) is 10.4. The first-order chi connectivity index (χ1) is 7.75. The van der Waals surface area contributed by atoms with Crippen LogP contribution in [-0.4, -0.2) is 11.9 Å². The van der Waals surface area contributed by atoms with Crippen LogP contribution < -0.4 is 0 Å². The van der Waals surface area contributed by atoms with Gasteiger partial charge in [-0.2, -0.15) is 0 Å². The van der Waals surface area contributed by atoms with E-state index >= 15 is 0 Å². The SMILES string of the molecule is C1=Cc2ccccc2C1.O=C1C=CC(=O)O1. The van der Waals surface area contributed by atoms with Crippen molar-refractivity contribution in [2.75, 3.05) is 0 Å². The van der Waals surface area contributed by atoms with Crippen molar-refractivity contribution in [2.24, 2.45) is 0 Å². The minimum atomic E-state index is -0.579. The van der Waals surface area contributed by atoms with Crippen molar-refractivity contribution < 1.29 is 14.3 Å². The number of hydrogen-bond acceptors (Lipinski definition) is 3. The van der Waals surface area contributed by atoms with E-state index in [1.54, 1.807) is 0 Å². The fourth-order valence-electron chi connectivity index (χ4n) is 1.50. The van der Waals surface area contributed by atoms with Crippen molar-refractivity contribution >= 4 is 18.0 Å². The molecular weight excluding hydrogens is 204 g/mol. The van der Waals surface area contributed by atoms with Gasteiger partial charge in [0.1, 0.15) is 0 Å². The molecule has 0 aromatic heterocycles. The topological polar surface area (TPSA) is 43.4 Å². The molecule has 0 fully saturated rings. The average molecular weight is 214 g/mol. The monoisotopic (exact) mass is 214 g/mol. The highest BCUT2D eigenvalue weighted by atomic mass is 16.6. The van der Waals surface area contributed by atoms with E-state index in [0.29, 0.717) is 0 Å². The molecule has 3 rings (SSSR count). The lowest BCUT2D eigenvalue weighted by Gasteiger charge is -1.93. The van der Waals surface area contributed by atoms with Crippen molar-refractivity contribution in [3.63, 3.8) is 0 Å². The summed E-state index contributed by atoms with van der Waals surface area (Å²) in [5.41, 5.74) is 2.84.